The van der Waals surface area contributed by atoms with Crippen molar-refractivity contribution in [3.05, 3.63) is 46.7 Å². The summed E-state index contributed by atoms with van der Waals surface area (Å²) in [5.74, 6) is 0.516. The minimum atomic E-state index is -0.243. The van der Waals surface area contributed by atoms with Crippen LogP contribution in [0, 0.1) is 6.92 Å². The minimum absolute atomic E-state index is 0.243. The van der Waals surface area contributed by atoms with Gasteiger partial charge in [-0.05, 0) is 45.3 Å². The van der Waals surface area contributed by atoms with Crippen LogP contribution in [-0.2, 0) is 0 Å². The van der Waals surface area contributed by atoms with Crippen LogP contribution >= 0.6 is 11.6 Å². The molecule has 0 bridgehead atoms. The third kappa shape index (κ3) is 3.89. The zero-order valence-corrected chi connectivity index (χ0v) is 16.5. The highest BCUT2D eigenvalue weighted by Crippen LogP contribution is 2.30. The maximum Gasteiger partial charge on any atom is 0.254 e. The largest absolute Gasteiger partial charge is 0.497 e. The van der Waals surface area contributed by atoms with Crippen LogP contribution in [0.25, 0.3) is 16.7 Å². The number of hydrogen-bond acceptors (Lipinski definition) is 5. The molecule has 0 saturated heterocycles. The molecule has 0 atom stereocenters. The fourth-order valence-electron chi connectivity index (χ4n) is 2.76. The van der Waals surface area contributed by atoms with Gasteiger partial charge in [0.2, 0.25) is 0 Å². The number of ether oxygens (including phenoxy) is 1. The molecule has 1 aromatic carbocycles. The molecule has 2 heterocycles. The predicted octanol–water partition coefficient (Wildman–Crippen LogP) is 2.68. The third-order valence-corrected chi connectivity index (χ3v) is 4.61. The summed E-state index contributed by atoms with van der Waals surface area (Å²) in [6.07, 6.45) is 1.50. The van der Waals surface area contributed by atoms with Crippen molar-refractivity contribution in [3.8, 4) is 11.4 Å². The smallest absolute Gasteiger partial charge is 0.254 e. The van der Waals surface area contributed by atoms with Crippen molar-refractivity contribution in [1.82, 2.24) is 25.0 Å². The number of aryl methyl sites for hydroxylation is 1. The lowest BCUT2D eigenvalue weighted by atomic mass is 10.2. The van der Waals surface area contributed by atoms with E-state index in [-0.39, 0.29) is 5.91 Å². The number of amides is 1. The first-order chi connectivity index (χ1) is 12.9. The van der Waals surface area contributed by atoms with Crippen LogP contribution in [-0.4, -0.2) is 59.9 Å². The van der Waals surface area contributed by atoms with Gasteiger partial charge in [0.15, 0.2) is 5.65 Å². The van der Waals surface area contributed by atoms with E-state index in [9.17, 15) is 4.79 Å². The van der Waals surface area contributed by atoms with Crippen molar-refractivity contribution < 1.29 is 9.53 Å². The van der Waals surface area contributed by atoms with Gasteiger partial charge in [0.05, 0.1) is 34.5 Å². The fraction of sp³-hybridized carbons (Fsp3) is 0.316. The summed E-state index contributed by atoms with van der Waals surface area (Å²) in [6, 6.07) is 7.49. The van der Waals surface area contributed by atoms with Crippen LogP contribution in [0.2, 0.25) is 5.02 Å². The van der Waals surface area contributed by atoms with Crippen LogP contribution in [0.15, 0.2) is 30.5 Å². The number of nitrogens with zero attached hydrogens (tertiary/aromatic N) is 4. The number of nitrogens with one attached hydrogen (secondary N) is 1. The number of methoxy groups -OCH3 is 1. The number of carbonyl (C=O) groups is 1. The van der Waals surface area contributed by atoms with Gasteiger partial charge in [-0.3, -0.25) is 4.79 Å². The molecule has 27 heavy (non-hydrogen) atoms. The van der Waals surface area contributed by atoms with Crippen molar-refractivity contribution in [2.75, 3.05) is 34.3 Å². The van der Waals surface area contributed by atoms with E-state index in [2.05, 4.69) is 15.4 Å². The molecule has 0 radical (unpaired) electrons. The zero-order chi connectivity index (χ0) is 19.6. The predicted molar refractivity (Wildman–Crippen MR) is 106 cm³/mol. The average molecular weight is 388 g/mol. The number of benzene rings is 1. The third-order valence-electron chi connectivity index (χ3n) is 4.21. The van der Waals surface area contributed by atoms with Gasteiger partial charge in [-0.2, -0.15) is 5.10 Å². The Morgan fingerprint density at radius 1 is 1.30 bits per heavy atom. The van der Waals surface area contributed by atoms with E-state index in [4.69, 9.17) is 16.3 Å². The van der Waals surface area contributed by atoms with E-state index in [1.165, 1.54) is 6.20 Å². The average Bonchev–Trinajstić information content (AvgIpc) is 2.99. The summed E-state index contributed by atoms with van der Waals surface area (Å²) in [5, 5.41) is 8.45. The van der Waals surface area contributed by atoms with Crippen LogP contribution in [0.4, 0.5) is 0 Å². The Labute approximate surface area is 162 Å². The summed E-state index contributed by atoms with van der Waals surface area (Å²) in [5.41, 5.74) is 2.50. The van der Waals surface area contributed by atoms with Crippen molar-refractivity contribution in [1.29, 1.82) is 0 Å². The Morgan fingerprint density at radius 2 is 2.00 bits per heavy atom. The van der Waals surface area contributed by atoms with Crippen molar-refractivity contribution in [3.63, 3.8) is 0 Å². The monoisotopic (exact) mass is 387 g/mol. The Balaban J connectivity index is 1.97. The first-order valence-electron chi connectivity index (χ1n) is 8.53. The second-order valence-electron chi connectivity index (χ2n) is 6.44. The number of aromatic nitrogens is 3. The molecule has 0 fully saturated rings. The molecule has 1 N–H and O–H groups in total. The molecule has 0 aliphatic heterocycles. The second-order valence-corrected chi connectivity index (χ2v) is 6.82. The first-order valence-corrected chi connectivity index (χ1v) is 8.91. The number of rotatable bonds is 6. The van der Waals surface area contributed by atoms with E-state index in [0.29, 0.717) is 33.9 Å². The number of halogens is 1. The van der Waals surface area contributed by atoms with E-state index < -0.39 is 0 Å². The summed E-state index contributed by atoms with van der Waals surface area (Å²) >= 11 is 6.55. The lowest BCUT2D eigenvalue weighted by Crippen LogP contribution is -2.31. The standard InChI is InChI=1S/C19H22ClN5O2/c1-12-16-17(20)15(19(26)21-9-10-24(2)3)11-22-18(16)25(23-12)13-5-7-14(27-4)8-6-13/h5-8,11H,9-10H2,1-4H3,(H,21,26). The minimum Gasteiger partial charge on any atom is -0.497 e. The van der Waals surface area contributed by atoms with Crippen molar-refractivity contribution in [2.24, 2.45) is 0 Å². The molecule has 1 amide bonds. The summed E-state index contributed by atoms with van der Waals surface area (Å²) < 4.78 is 6.90. The van der Waals surface area contributed by atoms with E-state index >= 15 is 0 Å². The van der Waals surface area contributed by atoms with E-state index in [1.807, 2.05) is 50.2 Å². The fourth-order valence-corrected chi connectivity index (χ4v) is 3.11. The molecule has 0 saturated carbocycles. The number of pyridine rings is 1. The SMILES string of the molecule is COc1ccc(-n2nc(C)c3c(Cl)c(C(=O)NCCN(C)C)cnc32)cc1. The quantitative estimate of drug-likeness (QED) is 0.704. The molecule has 3 rings (SSSR count). The molecular formula is C19H22ClN5O2. The maximum absolute atomic E-state index is 12.5. The van der Waals surface area contributed by atoms with Crippen LogP contribution in [0.5, 0.6) is 5.75 Å². The lowest BCUT2D eigenvalue weighted by Gasteiger charge is -2.11. The highest BCUT2D eigenvalue weighted by atomic mass is 35.5. The summed E-state index contributed by atoms with van der Waals surface area (Å²) in [6.45, 7) is 3.13. The molecular weight excluding hydrogens is 366 g/mol. The van der Waals surface area contributed by atoms with Crippen molar-refractivity contribution >= 4 is 28.5 Å². The Kier molecular flexibility index (Phi) is 5.62. The Hall–Kier alpha value is -2.64. The lowest BCUT2D eigenvalue weighted by molar-refractivity contribution is 0.0951. The second kappa shape index (κ2) is 7.94. The Bertz CT molecular complexity index is 966. The number of likely N-dealkylation sites (N-methyl/N-ethyl adjacent to an activating group) is 1. The highest BCUT2D eigenvalue weighted by Gasteiger charge is 2.19. The van der Waals surface area contributed by atoms with Gasteiger partial charge in [-0.1, -0.05) is 11.6 Å². The van der Waals surface area contributed by atoms with E-state index in [1.54, 1.807) is 11.8 Å². The van der Waals surface area contributed by atoms with Gasteiger partial charge in [0.25, 0.3) is 5.91 Å². The maximum atomic E-state index is 12.5. The van der Waals surface area contributed by atoms with Gasteiger partial charge >= 0.3 is 0 Å². The molecule has 8 heteroatoms. The number of fused-ring (bicyclic) bond motifs is 1. The number of carbonyl (C=O) groups excluding carboxylic acids is 1. The normalized spacial score (nSPS) is 11.2. The molecule has 0 unspecified atom stereocenters. The molecule has 0 aliphatic rings. The van der Waals surface area contributed by atoms with Gasteiger partial charge in [-0.15, -0.1) is 0 Å². The molecule has 3 aromatic rings. The molecule has 0 spiro atoms. The first kappa shape index (κ1) is 19.1. The van der Waals surface area contributed by atoms with Gasteiger partial charge < -0.3 is 15.0 Å². The topological polar surface area (TPSA) is 72.3 Å². The number of hydrogen-bond donors (Lipinski definition) is 1. The molecule has 0 aliphatic carbocycles. The van der Waals surface area contributed by atoms with Crippen molar-refractivity contribution in [2.45, 2.75) is 6.92 Å². The van der Waals surface area contributed by atoms with Gasteiger partial charge in [0.1, 0.15) is 5.75 Å². The summed E-state index contributed by atoms with van der Waals surface area (Å²) in [7, 11) is 5.52. The molecule has 2 aromatic heterocycles. The van der Waals surface area contributed by atoms with Crippen LogP contribution < -0.4 is 10.1 Å². The zero-order valence-electron chi connectivity index (χ0n) is 15.8. The van der Waals surface area contributed by atoms with E-state index in [0.717, 1.165) is 18.0 Å². The molecule has 7 nitrogen and oxygen atoms in total. The van der Waals surface area contributed by atoms with Gasteiger partial charge in [-0.25, -0.2) is 9.67 Å². The van der Waals surface area contributed by atoms with Gasteiger partial charge in [0, 0.05) is 19.3 Å². The Morgan fingerprint density at radius 3 is 2.63 bits per heavy atom. The van der Waals surface area contributed by atoms with Crippen LogP contribution in [0.1, 0.15) is 16.1 Å². The molecule has 142 valence electrons. The summed E-state index contributed by atoms with van der Waals surface area (Å²) in [4.78, 5) is 18.9. The van der Waals surface area contributed by atoms with Crippen LogP contribution in [0.3, 0.4) is 0 Å². The highest BCUT2D eigenvalue weighted by molar-refractivity contribution is 6.38.